The molecule has 4 nitrogen and oxygen atoms in total. The van der Waals surface area contributed by atoms with Crippen LogP contribution in [0, 0.1) is 6.92 Å². The fraction of sp³-hybridized carbons (Fsp3) is 0.125. The Morgan fingerprint density at radius 3 is 2.76 bits per heavy atom. The van der Waals surface area contributed by atoms with Gasteiger partial charge < -0.3 is 11.1 Å². The molecule has 1 aliphatic rings. The van der Waals surface area contributed by atoms with Gasteiger partial charge in [-0.1, -0.05) is 17.7 Å². The van der Waals surface area contributed by atoms with Gasteiger partial charge in [-0.25, -0.2) is 0 Å². The van der Waals surface area contributed by atoms with E-state index in [0.29, 0.717) is 27.5 Å². The van der Waals surface area contributed by atoms with Gasteiger partial charge in [0.25, 0.3) is 0 Å². The number of hydrogen-bond acceptors (Lipinski definition) is 3. The molecule has 0 unspecified atom stereocenters. The Morgan fingerprint density at radius 2 is 2.00 bits per heavy atom. The lowest BCUT2D eigenvalue weighted by Gasteiger charge is -2.09. The van der Waals surface area contributed by atoms with Gasteiger partial charge in [0.1, 0.15) is 0 Å². The van der Waals surface area contributed by atoms with Crippen LogP contribution >= 0.6 is 11.6 Å². The second kappa shape index (κ2) is 4.90. The lowest BCUT2D eigenvalue weighted by molar-refractivity contribution is -0.115. The number of fused-ring (bicyclic) bond motifs is 1. The minimum absolute atomic E-state index is 0.0919. The van der Waals surface area contributed by atoms with Crippen molar-refractivity contribution in [2.75, 3.05) is 11.1 Å². The molecule has 0 saturated carbocycles. The van der Waals surface area contributed by atoms with Crippen LogP contribution in [0.15, 0.2) is 30.3 Å². The Labute approximate surface area is 126 Å². The zero-order valence-corrected chi connectivity index (χ0v) is 12.1. The van der Waals surface area contributed by atoms with E-state index >= 15 is 0 Å². The zero-order chi connectivity index (χ0) is 15.1. The molecule has 2 aromatic carbocycles. The van der Waals surface area contributed by atoms with Crippen molar-refractivity contribution < 1.29 is 9.59 Å². The minimum atomic E-state index is -0.188. The lowest BCUT2D eigenvalue weighted by Crippen LogP contribution is -2.06. The molecule has 3 N–H and O–H groups in total. The molecule has 0 radical (unpaired) electrons. The fourth-order valence-electron chi connectivity index (χ4n) is 2.45. The predicted molar refractivity (Wildman–Crippen MR) is 82.8 cm³/mol. The monoisotopic (exact) mass is 300 g/mol. The van der Waals surface area contributed by atoms with Gasteiger partial charge in [0, 0.05) is 22.5 Å². The molecule has 1 amide bonds. The van der Waals surface area contributed by atoms with E-state index < -0.39 is 0 Å². The molecule has 106 valence electrons. The first kappa shape index (κ1) is 13.6. The highest BCUT2D eigenvalue weighted by atomic mass is 35.5. The summed E-state index contributed by atoms with van der Waals surface area (Å²) >= 11 is 6.19. The summed E-state index contributed by atoms with van der Waals surface area (Å²) in [5.41, 5.74) is 9.48. The first-order chi connectivity index (χ1) is 9.95. The van der Waals surface area contributed by atoms with E-state index in [2.05, 4.69) is 5.32 Å². The predicted octanol–water partition coefficient (Wildman–Crippen LogP) is 2.96. The van der Waals surface area contributed by atoms with Gasteiger partial charge in [-0.2, -0.15) is 0 Å². The number of anilines is 2. The number of amides is 1. The Hall–Kier alpha value is -2.33. The zero-order valence-electron chi connectivity index (χ0n) is 11.4. The van der Waals surface area contributed by atoms with E-state index in [9.17, 15) is 9.59 Å². The van der Waals surface area contributed by atoms with E-state index in [1.807, 2.05) is 6.92 Å². The van der Waals surface area contributed by atoms with Crippen molar-refractivity contribution in [3.8, 4) is 0 Å². The molecule has 0 saturated heterocycles. The maximum absolute atomic E-state index is 12.7. The van der Waals surface area contributed by atoms with E-state index in [1.165, 1.54) is 0 Å². The summed E-state index contributed by atoms with van der Waals surface area (Å²) in [5, 5.41) is 3.03. The number of rotatable bonds is 2. The minimum Gasteiger partial charge on any atom is -0.399 e. The third kappa shape index (κ3) is 2.38. The largest absolute Gasteiger partial charge is 0.399 e. The molecule has 21 heavy (non-hydrogen) atoms. The van der Waals surface area contributed by atoms with Crippen molar-refractivity contribution in [2.24, 2.45) is 0 Å². The number of nitrogens with one attached hydrogen (secondary N) is 1. The third-order valence-electron chi connectivity index (χ3n) is 3.57. The van der Waals surface area contributed by atoms with Gasteiger partial charge in [0.15, 0.2) is 5.78 Å². The molecule has 1 aliphatic heterocycles. The Kier molecular flexibility index (Phi) is 3.18. The molecular formula is C16H13ClN2O2. The van der Waals surface area contributed by atoms with Crippen LogP contribution in [0.2, 0.25) is 5.02 Å². The number of carbonyl (C=O) groups excluding carboxylic acids is 2. The van der Waals surface area contributed by atoms with Gasteiger partial charge in [-0.05, 0) is 42.3 Å². The summed E-state index contributed by atoms with van der Waals surface area (Å²) in [7, 11) is 0. The van der Waals surface area contributed by atoms with Crippen LogP contribution in [0.5, 0.6) is 0 Å². The van der Waals surface area contributed by atoms with Gasteiger partial charge >= 0.3 is 0 Å². The number of halogens is 1. The molecule has 3 rings (SSSR count). The van der Waals surface area contributed by atoms with Crippen LogP contribution < -0.4 is 11.1 Å². The molecule has 0 bridgehead atoms. The number of aryl methyl sites for hydroxylation is 1. The van der Waals surface area contributed by atoms with Crippen LogP contribution in [0.4, 0.5) is 11.4 Å². The molecule has 0 fully saturated rings. The summed E-state index contributed by atoms with van der Waals surface area (Å²) in [5.74, 6) is -0.280. The summed E-state index contributed by atoms with van der Waals surface area (Å²) < 4.78 is 0. The maximum Gasteiger partial charge on any atom is 0.228 e. The van der Waals surface area contributed by atoms with E-state index in [4.69, 9.17) is 17.3 Å². The van der Waals surface area contributed by atoms with E-state index in [-0.39, 0.29) is 18.1 Å². The van der Waals surface area contributed by atoms with Crippen LogP contribution in [0.1, 0.15) is 27.0 Å². The number of nitrogen functional groups attached to an aromatic ring is 1. The van der Waals surface area contributed by atoms with Crippen LogP contribution in [-0.4, -0.2) is 11.7 Å². The van der Waals surface area contributed by atoms with Crippen molar-refractivity contribution in [3.05, 3.63) is 57.6 Å². The molecule has 1 heterocycles. The van der Waals surface area contributed by atoms with Crippen LogP contribution in [0.25, 0.3) is 0 Å². The van der Waals surface area contributed by atoms with Crippen molar-refractivity contribution >= 4 is 34.7 Å². The molecule has 0 aromatic heterocycles. The van der Waals surface area contributed by atoms with Crippen molar-refractivity contribution in [3.63, 3.8) is 0 Å². The Bertz CT molecular complexity index is 784. The number of ketones is 1. The van der Waals surface area contributed by atoms with Crippen molar-refractivity contribution in [1.29, 1.82) is 0 Å². The second-order valence-electron chi connectivity index (χ2n) is 5.12. The molecule has 5 heteroatoms. The second-order valence-corrected chi connectivity index (χ2v) is 5.52. The van der Waals surface area contributed by atoms with Crippen LogP contribution in [-0.2, 0) is 11.2 Å². The molecule has 2 aromatic rings. The number of hydrogen-bond donors (Lipinski definition) is 2. The Morgan fingerprint density at radius 1 is 1.24 bits per heavy atom. The molecule has 0 atom stereocenters. The van der Waals surface area contributed by atoms with Crippen LogP contribution in [0.3, 0.4) is 0 Å². The maximum atomic E-state index is 12.7. The highest BCUT2D eigenvalue weighted by Crippen LogP contribution is 2.31. The van der Waals surface area contributed by atoms with E-state index in [0.717, 1.165) is 11.1 Å². The SMILES string of the molecule is Cc1ccc(N)cc1C(=O)c1cc2c(cc1Cl)NC(=O)C2. The average Bonchev–Trinajstić information content (AvgIpc) is 2.79. The molecular weight excluding hydrogens is 288 g/mol. The standard InChI is InChI=1S/C16H13ClN2O2/c1-8-2-3-10(18)6-11(8)16(21)12-4-9-5-15(20)19-14(9)7-13(12)17/h2-4,6-7H,5,18H2,1H3,(H,19,20). The van der Waals surface area contributed by atoms with Gasteiger partial charge in [-0.15, -0.1) is 0 Å². The van der Waals surface area contributed by atoms with Crippen molar-refractivity contribution in [1.82, 2.24) is 0 Å². The summed E-state index contributed by atoms with van der Waals surface area (Å²) in [4.78, 5) is 24.1. The highest BCUT2D eigenvalue weighted by molar-refractivity contribution is 6.35. The summed E-state index contributed by atoms with van der Waals surface area (Å²) in [6.45, 7) is 1.85. The number of nitrogens with two attached hydrogens (primary N) is 1. The number of benzene rings is 2. The first-order valence-electron chi connectivity index (χ1n) is 6.49. The smallest absolute Gasteiger partial charge is 0.228 e. The molecule has 0 spiro atoms. The quantitative estimate of drug-likeness (QED) is 0.661. The van der Waals surface area contributed by atoms with Gasteiger partial charge in [0.05, 0.1) is 11.4 Å². The third-order valence-corrected chi connectivity index (χ3v) is 3.88. The average molecular weight is 301 g/mol. The topological polar surface area (TPSA) is 72.2 Å². The van der Waals surface area contributed by atoms with Gasteiger partial charge in [-0.3, -0.25) is 9.59 Å². The van der Waals surface area contributed by atoms with Gasteiger partial charge in [0.2, 0.25) is 5.91 Å². The van der Waals surface area contributed by atoms with Crippen molar-refractivity contribution in [2.45, 2.75) is 13.3 Å². The lowest BCUT2D eigenvalue weighted by atomic mass is 9.96. The van der Waals surface area contributed by atoms with E-state index in [1.54, 1.807) is 30.3 Å². The number of carbonyl (C=O) groups is 2. The fourth-order valence-corrected chi connectivity index (χ4v) is 2.70. The summed E-state index contributed by atoms with van der Waals surface area (Å²) in [6.07, 6.45) is 0.267. The Balaban J connectivity index is 2.09. The molecule has 0 aliphatic carbocycles. The highest BCUT2D eigenvalue weighted by Gasteiger charge is 2.23. The normalized spacial score (nSPS) is 13.0. The first-order valence-corrected chi connectivity index (χ1v) is 6.86. The summed E-state index contributed by atoms with van der Waals surface area (Å²) in [6, 6.07) is 8.50.